The Kier molecular flexibility index (Phi) is 7.53. The molecule has 192 valence electrons. The van der Waals surface area contributed by atoms with Gasteiger partial charge in [-0.2, -0.15) is 0 Å². The minimum Gasteiger partial charge on any atom is -0.466 e. The Bertz CT molecular complexity index is 1000. The first kappa shape index (κ1) is 26.4. The first-order valence-electron chi connectivity index (χ1n) is 12.0. The fourth-order valence-electron chi connectivity index (χ4n) is 6.07. The zero-order valence-corrected chi connectivity index (χ0v) is 22.6. The van der Waals surface area contributed by atoms with Gasteiger partial charge in [0.2, 0.25) is 11.8 Å². The highest BCUT2D eigenvalue weighted by Crippen LogP contribution is 2.60. The van der Waals surface area contributed by atoms with Gasteiger partial charge in [0.15, 0.2) is 0 Å². The maximum Gasteiger partial charge on any atom is 0.312 e. The molecule has 3 aliphatic heterocycles. The standard InChI is InChI=1S/C25H32BrClN2O6/c1-5-34-24(33)17-18-23(32)29(14(11-30)9-12(2)3)21(25(18)10-15(26)20(17)35-25)22(31)28-19-13(4)7-6-8-16(19)27/h6-8,12,14-15,17-18,20-21,30H,5,9-11H2,1-4H3,(H,28,31)/t14-,15?,17+,18+,20+,21?,25?/m1/s1. The molecule has 1 aromatic carbocycles. The summed E-state index contributed by atoms with van der Waals surface area (Å²) in [6.45, 7) is 7.38. The minimum atomic E-state index is -1.23. The molecule has 3 heterocycles. The number of ether oxygens (including phenoxy) is 2. The smallest absolute Gasteiger partial charge is 0.312 e. The lowest BCUT2D eigenvalue weighted by molar-refractivity contribution is -0.155. The van der Waals surface area contributed by atoms with Crippen molar-refractivity contribution in [2.24, 2.45) is 17.8 Å². The summed E-state index contributed by atoms with van der Waals surface area (Å²) in [7, 11) is 0. The number of amides is 2. The van der Waals surface area contributed by atoms with Crippen molar-refractivity contribution in [3.8, 4) is 0 Å². The molecule has 8 nitrogen and oxygen atoms in total. The number of hydrogen-bond acceptors (Lipinski definition) is 6. The van der Waals surface area contributed by atoms with Crippen molar-refractivity contribution in [2.75, 3.05) is 18.5 Å². The van der Waals surface area contributed by atoms with Crippen molar-refractivity contribution in [3.05, 3.63) is 28.8 Å². The average molecular weight is 572 g/mol. The van der Waals surface area contributed by atoms with Crippen molar-refractivity contribution in [3.63, 3.8) is 0 Å². The maximum absolute atomic E-state index is 14.0. The van der Waals surface area contributed by atoms with Gasteiger partial charge in [0.05, 0.1) is 47.9 Å². The fourth-order valence-corrected chi connectivity index (χ4v) is 7.28. The molecule has 10 heteroatoms. The van der Waals surface area contributed by atoms with Crippen LogP contribution < -0.4 is 5.32 Å². The number of likely N-dealkylation sites (tertiary alicyclic amines) is 1. The highest BCUT2D eigenvalue weighted by atomic mass is 79.9. The highest BCUT2D eigenvalue weighted by Gasteiger charge is 2.77. The quantitative estimate of drug-likeness (QED) is 0.367. The summed E-state index contributed by atoms with van der Waals surface area (Å²) in [6.07, 6.45) is 0.283. The Balaban J connectivity index is 1.80. The number of halogens is 2. The van der Waals surface area contributed by atoms with Crippen LogP contribution >= 0.6 is 27.5 Å². The number of aliphatic hydroxyl groups is 1. The van der Waals surface area contributed by atoms with Crippen molar-refractivity contribution < 1.29 is 29.0 Å². The van der Waals surface area contributed by atoms with E-state index in [1.807, 2.05) is 26.8 Å². The van der Waals surface area contributed by atoms with E-state index in [2.05, 4.69) is 21.2 Å². The van der Waals surface area contributed by atoms with E-state index in [0.717, 1.165) is 5.56 Å². The van der Waals surface area contributed by atoms with Gasteiger partial charge in [0.1, 0.15) is 11.6 Å². The number of para-hydroxylation sites is 1. The van der Waals surface area contributed by atoms with Crippen LogP contribution in [0.5, 0.6) is 0 Å². The number of carbonyl (C=O) groups excluding carboxylic acids is 3. The fraction of sp³-hybridized carbons (Fsp3) is 0.640. The third kappa shape index (κ3) is 4.28. The van der Waals surface area contributed by atoms with Gasteiger partial charge in [0, 0.05) is 4.83 Å². The second-order valence-corrected chi connectivity index (χ2v) is 11.6. The number of fused-ring (bicyclic) bond motifs is 1. The van der Waals surface area contributed by atoms with Crippen LogP contribution in [0.15, 0.2) is 18.2 Å². The van der Waals surface area contributed by atoms with Crippen LogP contribution in [0.1, 0.15) is 39.2 Å². The normalized spacial score (nSPS) is 32.2. The van der Waals surface area contributed by atoms with Gasteiger partial charge in [-0.15, -0.1) is 0 Å². The molecule has 3 unspecified atom stereocenters. The summed E-state index contributed by atoms with van der Waals surface area (Å²) in [6, 6.07) is 3.65. The topological polar surface area (TPSA) is 105 Å². The number of esters is 1. The number of rotatable bonds is 8. The van der Waals surface area contributed by atoms with Gasteiger partial charge in [-0.3, -0.25) is 14.4 Å². The van der Waals surface area contributed by atoms with Crippen molar-refractivity contribution in [1.29, 1.82) is 0 Å². The number of aryl methyl sites for hydroxylation is 1. The predicted molar refractivity (Wildman–Crippen MR) is 134 cm³/mol. The predicted octanol–water partition coefficient (Wildman–Crippen LogP) is 3.31. The summed E-state index contributed by atoms with van der Waals surface area (Å²) < 4.78 is 11.7. The van der Waals surface area contributed by atoms with E-state index < -0.39 is 47.5 Å². The molecule has 2 bridgehead atoms. The number of anilines is 1. The second-order valence-electron chi connectivity index (χ2n) is 10.0. The number of carbonyl (C=O) groups is 3. The summed E-state index contributed by atoms with van der Waals surface area (Å²) >= 11 is 10.0. The first-order valence-corrected chi connectivity index (χ1v) is 13.3. The zero-order valence-electron chi connectivity index (χ0n) is 20.3. The molecule has 7 atom stereocenters. The largest absolute Gasteiger partial charge is 0.466 e. The van der Waals surface area contributed by atoms with E-state index in [1.54, 1.807) is 19.1 Å². The zero-order chi connectivity index (χ0) is 25.7. The molecule has 0 aromatic heterocycles. The number of benzene rings is 1. The molecule has 35 heavy (non-hydrogen) atoms. The molecule has 0 aliphatic carbocycles. The third-order valence-corrected chi connectivity index (χ3v) is 8.51. The molecule has 2 N–H and O–H groups in total. The molecule has 1 spiro atoms. The van der Waals surface area contributed by atoms with E-state index in [0.29, 0.717) is 23.6 Å². The lowest BCUT2D eigenvalue weighted by atomic mass is 9.70. The molecule has 1 aromatic rings. The molecule has 4 rings (SSSR count). The maximum atomic E-state index is 14.0. The van der Waals surface area contributed by atoms with Gasteiger partial charge in [0.25, 0.3) is 0 Å². The van der Waals surface area contributed by atoms with E-state index in [1.165, 1.54) is 4.90 Å². The third-order valence-electron chi connectivity index (χ3n) is 7.35. The molecular formula is C25H32BrClN2O6. The van der Waals surface area contributed by atoms with Gasteiger partial charge >= 0.3 is 5.97 Å². The first-order chi connectivity index (χ1) is 16.6. The van der Waals surface area contributed by atoms with Crippen LogP contribution in [0.25, 0.3) is 0 Å². The lowest BCUT2D eigenvalue weighted by Gasteiger charge is -2.37. The van der Waals surface area contributed by atoms with E-state index in [-0.39, 0.29) is 29.9 Å². The van der Waals surface area contributed by atoms with E-state index >= 15 is 0 Å². The number of nitrogens with zero attached hydrogens (tertiary/aromatic N) is 1. The van der Waals surface area contributed by atoms with E-state index in [9.17, 15) is 19.5 Å². The van der Waals surface area contributed by atoms with Gasteiger partial charge in [-0.25, -0.2) is 0 Å². The number of aliphatic hydroxyl groups excluding tert-OH is 1. The monoisotopic (exact) mass is 570 g/mol. The Labute approximate surface area is 218 Å². The lowest BCUT2D eigenvalue weighted by Crippen LogP contribution is -2.56. The Morgan fingerprint density at radius 3 is 2.71 bits per heavy atom. The van der Waals surface area contributed by atoms with Crippen LogP contribution in [-0.2, 0) is 23.9 Å². The Hall–Kier alpha value is -1.68. The molecule has 3 aliphatic rings. The van der Waals surface area contributed by atoms with E-state index in [4.69, 9.17) is 21.1 Å². The van der Waals surface area contributed by atoms with Gasteiger partial charge in [-0.05, 0) is 44.2 Å². The second kappa shape index (κ2) is 10.00. The van der Waals surface area contributed by atoms with Crippen molar-refractivity contribution in [1.82, 2.24) is 4.90 Å². The molecular weight excluding hydrogens is 540 g/mol. The molecule has 2 amide bonds. The van der Waals surface area contributed by atoms with Crippen LogP contribution in [0.2, 0.25) is 5.02 Å². The molecule has 0 radical (unpaired) electrons. The summed E-state index contributed by atoms with van der Waals surface area (Å²) in [4.78, 5) is 42.2. The molecule has 0 saturated carbocycles. The average Bonchev–Trinajstić information content (AvgIpc) is 3.38. The SMILES string of the molecule is CCOC(=O)[C@H]1[C@H]2C(=O)N([C@@H](CO)CC(C)C)C(C(=O)Nc3c(C)cccc3Cl)C23CC(Br)[C@@H]1O3. The van der Waals surface area contributed by atoms with Crippen LogP contribution in [0.4, 0.5) is 5.69 Å². The Morgan fingerprint density at radius 1 is 1.40 bits per heavy atom. The van der Waals surface area contributed by atoms with Crippen molar-refractivity contribution >= 4 is 51.0 Å². The van der Waals surface area contributed by atoms with Crippen LogP contribution in [0, 0.1) is 24.7 Å². The summed E-state index contributed by atoms with van der Waals surface area (Å²) in [5.41, 5.74) is 0.00791. The summed E-state index contributed by atoms with van der Waals surface area (Å²) in [5.74, 6) is -2.86. The van der Waals surface area contributed by atoms with Gasteiger partial charge in [-0.1, -0.05) is 53.5 Å². The number of alkyl halides is 1. The highest BCUT2D eigenvalue weighted by molar-refractivity contribution is 9.09. The van der Waals surface area contributed by atoms with Crippen molar-refractivity contribution in [2.45, 2.75) is 69.2 Å². The van der Waals surface area contributed by atoms with Crippen LogP contribution in [0.3, 0.4) is 0 Å². The summed E-state index contributed by atoms with van der Waals surface area (Å²) in [5, 5.41) is 13.6. The van der Waals surface area contributed by atoms with Crippen LogP contribution in [-0.4, -0.2) is 69.6 Å². The van der Waals surface area contributed by atoms with Gasteiger partial charge < -0.3 is 24.8 Å². The minimum absolute atomic E-state index is 0.162. The Morgan fingerprint density at radius 2 is 2.11 bits per heavy atom. The molecule has 3 saturated heterocycles. The number of nitrogens with one attached hydrogen (secondary N) is 1. The molecule has 3 fully saturated rings. The number of hydrogen-bond donors (Lipinski definition) is 2.